The second-order valence-corrected chi connectivity index (χ2v) is 9.29. The van der Waals surface area contributed by atoms with Crippen molar-refractivity contribution in [3.8, 4) is 0 Å². The Morgan fingerprint density at radius 1 is 1.16 bits per heavy atom. The molecule has 3 saturated carbocycles. The number of esters is 1. The van der Waals surface area contributed by atoms with Gasteiger partial charge in [0.1, 0.15) is 6.61 Å². The molecule has 4 aliphatic rings. The van der Waals surface area contributed by atoms with Crippen LogP contribution in [0.4, 0.5) is 0 Å². The van der Waals surface area contributed by atoms with Crippen LogP contribution < -0.4 is 0 Å². The van der Waals surface area contributed by atoms with Gasteiger partial charge in [0.25, 0.3) is 0 Å². The number of hydrogen-bond donors (Lipinski definition) is 2. The average Bonchev–Trinajstić information content (AvgIpc) is 2.88. The summed E-state index contributed by atoms with van der Waals surface area (Å²) in [5.74, 6) is 1.50. The summed E-state index contributed by atoms with van der Waals surface area (Å²) in [5.41, 5.74) is 1.32. The van der Waals surface area contributed by atoms with Gasteiger partial charge in [-0.05, 0) is 74.5 Å². The standard InChI is InChI=1S/C21H32O4/c1-13(22)25-12-21-10-7-15(23)11-14(21)3-4-16-17-5-6-19(24)20(17,2)9-8-18(16)21/h11,15-19,23-24H,3-10,12H2,1-2H3/t15-,16-,17-,18-,19-,20-,21+/m0/s1. The zero-order valence-corrected chi connectivity index (χ0v) is 15.5. The van der Waals surface area contributed by atoms with Gasteiger partial charge < -0.3 is 14.9 Å². The summed E-state index contributed by atoms with van der Waals surface area (Å²) in [5, 5.41) is 20.7. The van der Waals surface area contributed by atoms with Crippen molar-refractivity contribution >= 4 is 5.97 Å². The summed E-state index contributed by atoms with van der Waals surface area (Å²) in [6.45, 7) is 4.25. The van der Waals surface area contributed by atoms with Crippen LogP contribution in [-0.4, -0.2) is 35.0 Å². The van der Waals surface area contributed by atoms with Crippen molar-refractivity contribution in [3.05, 3.63) is 11.6 Å². The van der Waals surface area contributed by atoms with E-state index >= 15 is 0 Å². The van der Waals surface area contributed by atoms with Crippen LogP contribution in [0.15, 0.2) is 11.6 Å². The first kappa shape index (κ1) is 17.5. The number of aliphatic hydroxyl groups excluding tert-OH is 2. The number of carbonyl (C=O) groups excluding carboxylic acids is 1. The maximum atomic E-state index is 11.5. The van der Waals surface area contributed by atoms with Gasteiger partial charge in [-0.15, -0.1) is 0 Å². The van der Waals surface area contributed by atoms with E-state index in [2.05, 4.69) is 13.0 Å². The molecule has 0 aromatic heterocycles. The Labute approximate surface area is 150 Å². The van der Waals surface area contributed by atoms with Gasteiger partial charge in [-0.1, -0.05) is 18.6 Å². The van der Waals surface area contributed by atoms with E-state index in [1.54, 1.807) is 0 Å². The lowest BCUT2D eigenvalue weighted by Crippen LogP contribution is -2.54. The van der Waals surface area contributed by atoms with Crippen molar-refractivity contribution < 1.29 is 19.7 Å². The first-order valence-corrected chi connectivity index (χ1v) is 10.1. The molecule has 4 aliphatic carbocycles. The summed E-state index contributed by atoms with van der Waals surface area (Å²) >= 11 is 0. The van der Waals surface area contributed by atoms with Crippen LogP contribution in [0.2, 0.25) is 0 Å². The zero-order chi connectivity index (χ0) is 17.8. The molecule has 0 aromatic rings. The lowest BCUT2D eigenvalue weighted by atomic mass is 9.47. The van der Waals surface area contributed by atoms with Crippen LogP contribution in [0.3, 0.4) is 0 Å². The molecular formula is C21H32O4. The van der Waals surface area contributed by atoms with E-state index < -0.39 is 0 Å². The molecule has 0 aromatic carbocycles. The van der Waals surface area contributed by atoms with Crippen LogP contribution in [0, 0.1) is 28.6 Å². The van der Waals surface area contributed by atoms with Crippen molar-refractivity contribution in [2.75, 3.05) is 6.61 Å². The van der Waals surface area contributed by atoms with Crippen molar-refractivity contribution in [1.82, 2.24) is 0 Å². The third-order valence-electron chi connectivity index (χ3n) is 8.30. The molecule has 4 rings (SSSR count). The van der Waals surface area contributed by atoms with Crippen LogP contribution in [-0.2, 0) is 9.53 Å². The molecule has 4 nitrogen and oxygen atoms in total. The highest BCUT2D eigenvalue weighted by Gasteiger charge is 2.60. The normalized spacial score (nSPS) is 48.8. The molecule has 3 fully saturated rings. The number of hydrogen-bond acceptors (Lipinski definition) is 4. The van der Waals surface area contributed by atoms with Gasteiger partial charge in [0.05, 0.1) is 12.2 Å². The molecule has 0 unspecified atom stereocenters. The monoisotopic (exact) mass is 348 g/mol. The molecule has 0 radical (unpaired) electrons. The lowest BCUT2D eigenvalue weighted by molar-refractivity contribution is -0.150. The van der Waals surface area contributed by atoms with Gasteiger partial charge >= 0.3 is 5.97 Å². The number of rotatable bonds is 2. The Bertz CT molecular complexity index is 584. The van der Waals surface area contributed by atoms with Gasteiger partial charge in [-0.2, -0.15) is 0 Å². The summed E-state index contributed by atoms with van der Waals surface area (Å²) in [6.07, 6.45) is 9.61. The fourth-order valence-corrected chi connectivity index (χ4v) is 6.98. The number of fused-ring (bicyclic) bond motifs is 5. The Balaban J connectivity index is 1.68. The van der Waals surface area contributed by atoms with Gasteiger partial charge in [0, 0.05) is 12.3 Å². The van der Waals surface area contributed by atoms with Gasteiger partial charge in [0.2, 0.25) is 0 Å². The fourth-order valence-electron chi connectivity index (χ4n) is 6.98. The van der Waals surface area contributed by atoms with Crippen LogP contribution in [0.1, 0.15) is 65.2 Å². The van der Waals surface area contributed by atoms with Crippen LogP contribution >= 0.6 is 0 Å². The van der Waals surface area contributed by atoms with E-state index in [1.165, 1.54) is 12.5 Å². The molecular weight excluding hydrogens is 316 g/mol. The van der Waals surface area contributed by atoms with E-state index in [4.69, 9.17) is 4.74 Å². The first-order valence-electron chi connectivity index (χ1n) is 10.1. The molecule has 140 valence electrons. The highest BCUT2D eigenvalue weighted by molar-refractivity contribution is 5.66. The smallest absolute Gasteiger partial charge is 0.302 e. The first-order chi connectivity index (χ1) is 11.9. The van der Waals surface area contributed by atoms with Gasteiger partial charge in [-0.3, -0.25) is 4.79 Å². The largest absolute Gasteiger partial charge is 0.465 e. The molecule has 2 N–H and O–H groups in total. The summed E-state index contributed by atoms with van der Waals surface area (Å²) in [6, 6.07) is 0. The van der Waals surface area contributed by atoms with E-state index in [1.807, 2.05) is 0 Å². The quantitative estimate of drug-likeness (QED) is 0.594. The van der Waals surface area contributed by atoms with Crippen molar-refractivity contribution in [2.45, 2.75) is 77.4 Å². The topological polar surface area (TPSA) is 66.8 Å². The predicted molar refractivity (Wildman–Crippen MR) is 94.7 cm³/mol. The molecule has 0 heterocycles. The highest BCUT2D eigenvalue weighted by atomic mass is 16.5. The number of carbonyl (C=O) groups is 1. The maximum Gasteiger partial charge on any atom is 0.302 e. The van der Waals surface area contributed by atoms with Crippen LogP contribution in [0.5, 0.6) is 0 Å². The third kappa shape index (κ3) is 2.59. The molecule has 0 amide bonds. The Kier molecular flexibility index (Phi) is 4.27. The molecule has 0 aliphatic heterocycles. The van der Waals surface area contributed by atoms with Crippen molar-refractivity contribution in [2.24, 2.45) is 28.6 Å². The molecule has 25 heavy (non-hydrogen) atoms. The summed E-state index contributed by atoms with van der Waals surface area (Å²) in [4.78, 5) is 11.5. The zero-order valence-electron chi connectivity index (χ0n) is 15.5. The Morgan fingerprint density at radius 3 is 2.72 bits per heavy atom. The Hall–Kier alpha value is -0.870. The second kappa shape index (κ2) is 6.09. The number of aliphatic hydroxyl groups is 2. The molecule has 4 heteroatoms. The highest BCUT2D eigenvalue weighted by Crippen LogP contribution is 2.65. The summed E-state index contributed by atoms with van der Waals surface area (Å²) < 4.78 is 5.57. The third-order valence-corrected chi connectivity index (χ3v) is 8.30. The maximum absolute atomic E-state index is 11.5. The van der Waals surface area contributed by atoms with Gasteiger partial charge in [0.15, 0.2) is 0 Å². The van der Waals surface area contributed by atoms with E-state index in [0.717, 1.165) is 51.4 Å². The van der Waals surface area contributed by atoms with E-state index in [0.29, 0.717) is 24.4 Å². The molecule has 0 bridgehead atoms. The van der Waals surface area contributed by atoms with Crippen molar-refractivity contribution in [3.63, 3.8) is 0 Å². The minimum Gasteiger partial charge on any atom is -0.465 e. The second-order valence-electron chi connectivity index (χ2n) is 9.29. The van der Waals surface area contributed by atoms with E-state index in [-0.39, 0.29) is 29.0 Å². The minimum atomic E-state index is -0.348. The number of ether oxygens (including phenoxy) is 1. The SMILES string of the molecule is CC(=O)OC[C@]12CC[C@H](O)C=C1CC[C@@H]1[C@@H]2CC[C@]2(C)[C@@H](O)CC[C@@H]12. The van der Waals surface area contributed by atoms with Crippen molar-refractivity contribution in [1.29, 1.82) is 0 Å². The minimum absolute atomic E-state index is 0.0686. The lowest BCUT2D eigenvalue weighted by Gasteiger charge is -2.58. The fraction of sp³-hybridized carbons (Fsp3) is 0.857. The van der Waals surface area contributed by atoms with E-state index in [9.17, 15) is 15.0 Å². The Morgan fingerprint density at radius 2 is 1.96 bits per heavy atom. The summed E-state index contributed by atoms with van der Waals surface area (Å²) in [7, 11) is 0. The predicted octanol–water partition coefficient (Wildman–Crippen LogP) is 3.21. The molecule has 7 atom stereocenters. The van der Waals surface area contributed by atoms with Crippen LogP contribution in [0.25, 0.3) is 0 Å². The molecule has 0 spiro atoms. The molecule has 0 saturated heterocycles. The average molecular weight is 348 g/mol. The van der Waals surface area contributed by atoms with Gasteiger partial charge in [-0.25, -0.2) is 0 Å².